The van der Waals surface area contributed by atoms with Gasteiger partial charge in [0.2, 0.25) is 5.91 Å². The molecular weight excluding hydrogens is 288 g/mol. The quantitative estimate of drug-likeness (QED) is 0.470. The van der Waals surface area contributed by atoms with Crippen molar-refractivity contribution in [3.8, 4) is 0 Å². The van der Waals surface area contributed by atoms with Gasteiger partial charge < -0.3 is 15.9 Å². The molecule has 0 aromatic carbocycles. The van der Waals surface area contributed by atoms with E-state index < -0.39 is 11.4 Å². The summed E-state index contributed by atoms with van der Waals surface area (Å²) < 4.78 is 0. The number of β-lactam (4-membered cyclic amide) rings is 1. The molecule has 6 nitrogen and oxygen atoms in total. The van der Waals surface area contributed by atoms with Crippen molar-refractivity contribution in [2.75, 3.05) is 12.3 Å². The number of aliphatic hydroxyl groups is 1. The van der Waals surface area contributed by atoms with Crippen LogP contribution < -0.4 is 5.73 Å². The molecule has 0 aromatic heterocycles. The number of carboxylic acid groups (broad SMARTS) is 1. The number of carbonyl (C=O) groups excluding carboxylic acids is 1. The number of thioether (sulfide) groups is 2. The van der Waals surface area contributed by atoms with Crippen molar-refractivity contribution in [2.45, 2.75) is 30.1 Å². The Morgan fingerprint density at radius 1 is 1.63 bits per heavy atom. The average molecular weight is 304 g/mol. The number of nitrogens with two attached hydrogens (primary N) is 1. The second-order valence-corrected chi connectivity index (χ2v) is 7.00. The van der Waals surface area contributed by atoms with Gasteiger partial charge >= 0.3 is 5.97 Å². The number of nitrogens with zero attached hydrogens (tertiary/aromatic N) is 1. The van der Waals surface area contributed by atoms with Gasteiger partial charge in [-0.25, -0.2) is 4.79 Å². The molecule has 1 fully saturated rings. The number of amides is 1. The molecule has 1 amide bonds. The molecule has 0 bridgehead atoms. The SMILES string of the molecule is C[C@@H](O)S[C@H]1C(=O)N2C(C(=O)O)=C(SCCN)C[C@H]12. The van der Waals surface area contributed by atoms with Crippen LogP contribution in [0.5, 0.6) is 0 Å². The minimum atomic E-state index is -1.07. The van der Waals surface area contributed by atoms with Crippen molar-refractivity contribution in [3.63, 3.8) is 0 Å². The Morgan fingerprint density at radius 3 is 2.84 bits per heavy atom. The van der Waals surface area contributed by atoms with Crippen molar-refractivity contribution >= 4 is 35.4 Å². The average Bonchev–Trinajstić information content (AvgIpc) is 2.69. The number of aliphatic hydroxyl groups excluding tert-OH is 1. The van der Waals surface area contributed by atoms with E-state index in [-0.39, 0.29) is 22.9 Å². The maximum absolute atomic E-state index is 12.0. The molecular formula is C11H16N2O4S2. The number of hydrogen-bond acceptors (Lipinski definition) is 6. The minimum Gasteiger partial charge on any atom is -0.477 e. The van der Waals surface area contributed by atoms with Crippen LogP contribution in [0.3, 0.4) is 0 Å². The van der Waals surface area contributed by atoms with E-state index in [1.165, 1.54) is 28.4 Å². The van der Waals surface area contributed by atoms with Crippen molar-refractivity contribution in [1.82, 2.24) is 4.90 Å². The molecule has 4 N–H and O–H groups in total. The normalized spacial score (nSPS) is 27.3. The van der Waals surface area contributed by atoms with E-state index in [0.717, 1.165) is 0 Å². The van der Waals surface area contributed by atoms with Gasteiger partial charge in [0.25, 0.3) is 0 Å². The van der Waals surface area contributed by atoms with Crippen LogP contribution in [0.15, 0.2) is 10.6 Å². The largest absolute Gasteiger partial charge is 0.477 e. The van der Waals surface area contributed by atoms with Gasteiger partial charge in [-0.05, 0) is 6.92 Å². The second kappa shape index (κ2) is 5.74. The van der Waals surface area contributed by atoms with E-state index in [9.17, 15) is 19.8 Å². The highest BCUT2D eigenvalue weighted by Gasteiger charge is 2.55. The van der Waals surface area contributed by atoms with Crippen LogP contribution in [0.25, 0.3) is 0 Å². The molecule has 0 radical (unpaired) electrons. The van der Waals surface area contributed by atoms with Gasteiger partial charge in [-0.15, -0.1) is 23.5 Å². The molecule has 19 heavy (non-hydrogen) atoms. The zero-order chi connectivity index (χ0) is 14.2. The standard InChI is InChI=1S/C11H16N2O4S2/c1-5(14)19-9-6-4-7(18-3-2-12)8(11(16)17)13(6)10(9)15/h5-6,9,14H,2-4,12H2,1H3,(H,16,17)/t5-,6+,9+/m0/s1. The zero-order valence-corrected chi connectivity index (χ0v) is 12.0. The summed E-state index contributed by atoms with van der Waals surface area (Å²) in [6.45, 7) is 2.07. The highest BCUT2D eigenvalue weighted by atomic mass is 32.2. The number of fused-ring (bicyclic) bond motifs is 1. The molecule has 0 spiro atoms. The molecule has 2 rings (SSSR count). The molecule has 3 atom stereocenters. The summed E-state index contributed by atoms with van der Waals surface area (Å²) in [6, 6.07) is -0.140. The van der Waals surface area contributed by atoms with Gasteiger partial charge in [0, 0.05) is 23.6 Å². The Labute approximate surface area is 119 Å². The van der Waals surface area contributed by atoms with Crippen LogP contribution >= 0.6 is 23.5 Å². The van der Waals surface area contributed by atoms with Crippen LogP contribution in [0.1, 0.15) is 13.3 Å². The molecule has 0 unspecified atom stereocenters. The molecule has 106 valence electrons. The molecule has 0 saturated carbocycles. The van der Waals surface area contributed by atoms with E-state index in [2.05, 4.69) is 0 Å². The summed E-state index contributed by atoms with van der Waals surface area (Å²) in [6.07, 6.45) is 0.544. The van der Waals surface area contributed by atoms with Crippen LogP contribution in [-0.4, -0.2) is 56.0 Å². The lowest BCUT2D eigenvalue weighted by atomic mass is 10.0. The third-order valence-electron chi connectivity index (χ3n) is 3.00. The first-order valence-electron chi connectivity index (χ1n) is 5.93. The summed E-state index contributed by atoms with van der Waals surface area (Å²) in [4.78, 5) is 25.3. The van der Waals surface area contributed by atoms with E-state index in [0.29, 0.717) is 23.6 Å². The fourth-order valence-corrected chi connectivity index (χ4v) is 4.34. The maximum atomic E-state index is 12.0. The Balaban J connectivity index is 2.14. The monoisotopic (exact) mass is 304 g/mol. The molecule has 2 aliphatic rings. The van der Waals surface area contributed by atoms with Gasteiger partial charge in [0.1, 0.15) is 10.9 Å². The summed E-state index contributed by atoms with van der Waals surface area (Å²) >= 11 is 2.58. The zero-order valence-electron chi connectivity index (χ0n) is 10.4. The lowest BCUT2D eigenvalue weighted by Gasteiger charge is -2.43. The lowest BCUT2D eigenvalue weighted by Crippen LogP contribution is -2.61. The number of rotatable bonds is 6. The highest BCUT2D eigenvalue weighted by molar-refractivity contribution is 8.03. The molecule has 1 saturated heterocycles. The van der Waals surface area contributed by atoms with Gasteiger partial charge in [-0.1, -0.05) is 0 Å². The summed E-state index contributed by atoms with van der Waals surface area (Å²) in [5, 5.41) is 18.2. The van der Waals surface area contributed by atoms with Crippen molar-refractivity contribution in [2.24, 2.45) is 5.73 Å². The number of carbonyl (C=O) groups is 2. The smallest absolute Gasteiger partial charge is 0.353 e. The fourth-order valence-electron chi connectivity index (χ4n) is 2.31. The van der Waals surface area contributed by atoms with Crippen LogP contribution in [0.4, 0.5) is 0 Å². The molecule has 2 aliphatic heterocycles. The molecule has 2 heterocycles. The van der Waals surface area contributed by atoms with Crippen LogP contribution in [0, 0.1) is 0 Å². The highest BCUT2D eigenvalue weighted by Crippen LogP contribution is 2.47. The van der Waals surface area contributed by atoms with E-state index in [1.807, 2.05) is 0 Å². The lowest BCUT2D eigenvalue weighted by molar-refractivity contribution is -0.146. The van der Waals surface area contributed by atoms with Crippen molar-refractivity contribution in [3.05, 3.63) is 10.6 Å². The van der Waals surface area contributed by atoms with E-state index in [4.69, 9.17) is 5.73 Å². The Kier molecular flexibility index (Phi) is 4.44. The van der Waals surface area contributed by atoms with Crippen molar-refractivity contribution in [1.29, 1.82) is 0 Å². The Morgan fingerprint density at radius 2 is 2.32 bits per heavy atom. The number of hydrogen-bond donors (Lipinski definition) is 3. The molecule has 0 aromatic rings. The topological polar surface area (TPSA) is 104 Å². The summed E-state index contributed by atoms with van der Waals surface area (Å²) in [5.41, 5.74) is 4.88. The van der Waals surface area contributed by atoms with Gasteiger partial charge in [-0.2, -0.15) is 0 Å². The Hall–Kier alpha value is -0.700. The maximum Gasteiger partial charge on any atom is 0.353 e. The van der Waals surface area contributed by atoms with Gasteiger partial charge in [0.15, 0.2) is 0 Å². The van der Waals surface area contributed by atoms with Crippen molar-refractivity contribution < 1.29 is 19.8 Å². The van der Waals surface area contributed by atoms with Gasteiger partial charge in [0.05, 0.1) is 11.5 Å². The third kappa shape index (κ3) is 2.62. The molecule has 8 heteroatoms. The first kappa shape index (κ1) is 14.7. The third-order valence-corrected chi connectivity index (χ3v) is 5.35. The minimum absolute atomic E-state index is 0.0934. The number of carboxylic acids is 1. The first-order valence-corrected chi connectivity index (χ1v) is 7.86. The predicted molar refractivity (Wildman–Crippen MR) is 74.5 cm³/mol. The van der Waals surface area contributed by atoms with E-state index >= 15 is 0 Å². The predicted octanol–water partition coefficient (Wildman–Crippen LogP) is 0.0291. The van der Waals surface area contributed by atoms with Gasteiger partial charge in [-0.3, -0.25) is 9.69 Å². The summed E-state index contributed by atoms with van der Waals surface area (Å²) in [5.74, 6) is -0.665. The second-order valence-electron chi connectivity index (χ2n) is 4.35. The fraction of sp³-hybridized carbons (Fsp3) is 0.636. The first-order chi connectivity index (χ1) is 8.97. The van der Waals surface area contributed by atoms with Crippen LogP contribution in [0.2, 0.25) is 0 Å². The number of aliphatic carboxylic acids is 1. The molecule has 0 aliphatic carbocycles. The van der Waals surface area contributed by atoms with Crippen LogP contribution in [-0.2, 0) is 9.59 Å². The summed E-state index contributed by atoms with van der Waals surface area (Å²) in [7, 11) is 0. The van der Waals surface area contributed by atoms with E-state index in [1.54, 1.807) is 6.92 Å². The Bertz CT molecular complexity index is 438.